The van der Waals surface area contributed by atoms with Crippen LogP contribution in [0.3, 0.4) is 0 Å². The average molecular weight is 431 g/mol. The van der Waals surface area contributed by atoms with Gasteiger partial charge in [0.25, 0.3) is 0 Å². The summed E-state index contributed by atoms with van der Waals surface area (Å²) in [5.74, 6) is 1.02. The fourth-order valence-corrected chi connectivity index (χ4v) is 3.87. The van der Waals surface area contributed by atoms with Crippen LogP contribution in [0.15, 0.2) is 52.1 Å². The largest absolute Gasteiger partial charge is 0.370 e. The third-order valence-corrected chi connectivity index (χ3v) is 5.24. The molecule has 0 saturated heterocycles. The van der Waals surface area contributed by atoms with E-state index in [1.54, 1.807) is 0 Å². The Kier molecular flexibility index (Phi) is 5.78. The zero-order chi connectivity index (χ0) is 18.7. The molecule has 0 aliphatic heterocycles. The second-order valence-corrected chi connectivity index (χ2v) is 8.04. The number of aromatic nitrogens is 3. The molecule has 0 aliphatic carbocycles. The summed E-state index contributed by atoms with van der Waals surface area (Å²) in [7, 11) is 0. The van der Waals surface area contributed by atoms with E-state index in [2.05, 4.69) is 58.2 Å². The van der Waals surface area contributed by atoms with Crippen LogP contribution < -0.4 is 5.73 Å². The molecule has 2 N–H and O–H groups in total. The average Bonchev–Trinajstić information content (AvgIpc) is 2.98. The topological polar surface area (TPSA) is 73.8 Å². The number of halogens is 1. The van der Waals surface area contributed by atoms with Crippen molar-refractivity contribution in [3.8, 4) is 17.1 Å². The summed E-state index contributed by atoms with van der Waals surface area (Å²) in [5.41, 5.74) is 9.58. The van der Waals surface area contributed by atoms with Crippen LogP contribution in [-0.4, -0.2) is 26.4 Å². The van der Waals surface area contributed by atoms with Crippen LogP contribution in [0.1, 0.15) is 17.5 Å². The van der Waals surface area contributed by atoms with Gasteiger partial charge in [-0.15, -0.1) is 10.2 Å². The molecule has 0 saturated carbocycles. The van der Waals surface area contributed by atoms with Crippen molar-refractivity contribution in [1.29, 1.82) is 0 Å². The molecule has 1 aromatic heterocycles. The number of primary amides is 1. The second kappa shape index (κ2) is 8.05. The molecule has 5 nitrogen and oxygen atoms in total. The van der Waals surface area contributed by atoms with E-state index in [1.165, 1.54) is 22.9 Å². The van der Waals surface area contributed by atoms with Crippen LogP contribution in [0.25, 0.3) is 17.1 Å². The number of carbonyl (C=O) groups excluding carboxylic acids is 1. The Labute approximate surface area is 165 Å². The highest BCUT2D eigenvalue weighted by Crippen LogP contribution is 2.29. The number of benzene rings is 2. The van der Waals surface area contributed by atoms with Crippen molar-refractivity contribution < 1.29 is 4.79 Å². The number of amides is 1. The van der Waals surface area contributed by atoms with E-state index in [4.69, 9.17) is 5.73 Å². The molecule has 1 heterocycles. The summed E-state index contributed by atoms with van der Waals surface area (Å²) in [5, 5.41) is 9.51. The summed E-state index contributed by atoms with van der Waals surface area (Å²) in [4.78, 5) is 11.1. The van der Waals surface area contributed by atoms with E-state index in [0.717, 1.165) is 26.7 Å². The highest BCUT2D eigenvalue weighted by atomic mass is 79.9. The van der Waals surface area contributed by atoms with Gasteiger partial charge in [-0.25, -0.2) is 0 Å². The van der Waals surface area contributed by atoms with Crippen molar-refractivity contribution in [3.63, 3.8) is 0 Å². The van der Waals surface area contributed by atoms with Crippen LogP contribution in [0, 0.1) is 13.8 Å². The molecule has 2 aromatic carbocycles. The van der Waals surface area contributed by atoms with Gasteiger partial charge in [-0.2, -0.15) is 0 Å². The maximum atomic E-state index is 11.1. The highest BCUT2D eigenvalue weighted by molar-refractivity contribution is 9.10. The fraction of sp³-hybridized carbons (Fsp3) is 0.211. The lowest BCUT2D eigenvalue weighted by Crippen LogP contribution is -2.11. The molecule has 0 fully saturated rings. The third-order valence-electron chi connectivity index (χ3n) is 3.78. The van der Waals surface area contributed by atoms with Gasteiger partial charge in [-0.1, -0.05) is 45.9 Å². The first kappa shape index (κ1) is 18.7. The molecule has 1 amide bonds. The minimum absolute atomic E-state index is 0.304. The molecule has 0 unspecified atom stereocenters. The van der Waals surface area contributed by atoms with Gasteiger partial charge in [0.1, 0.15) is 0 Å². The Bertz CT molecular complexity index is 917. The Morgan fingerprint density at radius 1 is 1.12 bits per heavy atom. The molecular weight excluding hydrogens is 412 g/mol. The molecule has 0 spiro atoms. The second-order valence-electron chi connectivity index (χ2n) is 6.06. The Morgan fingerprint density at radius 3 is 2.38 bits per heavy atom. The highest BCUT2D eigenvalue weighted by Gasteiger charge is 2.17. The van der Waals surface area contributed by atoms with E-state index in [1.807, 2.05) is 28.8 Å². The molecule has 0 aliphatic rings. The summed E-state index contributed by atoms with van der Waals surface area (Å²) in [6, 6.07) is 14.3. The van der Waals surface area contributed by atoms with Gasteiger partial charge in [0.05, 0.1) is 5.69 Å². The van der Waals surface area contributed by atoms with E-state index in [-0.39, 0.29) is 5.91 Å². The molecular formula is C19H19BrN4OS. The fourth-order valence-electron chi connectivity index (χ4n) is 2.70. The summed E-state index contributed by atoms with van der Waals surface area (Å²) < 4.78 is 3.05. The Balaban J connectivity index is 2.08. The van der Waals surface area contributed by atoms with Crippen molar-refractivity contribution in [2.75, 3.05) is 5.75 Å². The molecule has 134 valence electrons. The standard InChI is InChI=1S/C19H19BrN4OS/c1-12-9-13(2)11-16(10-12)24-18(14-3-5-15(20)6-4-14)22-23-19(24)26-8-7-17(21)25/h3-6,9-11H,7-8H2,1-2H3,(H2,21,25). The number of rotatable bonds is 6. The summed E-state index contributed by atoms with van der Waals surface area (Å²) in [6.45, 7) is 4.14. The monoisotopic (exact) mass is 430 g/mol. The lowest BCUT2D eigenvalue weighted by molar-refractivity contribution is -0.117. The molecule has 0 atom stereocenters. The quantitative estimate of drug-likeness (QED) is 0.592. The summed E-state index contributed by atoms with van der Waals surface area (Å²) in [6.07, 6.45) is 0.304. The van der Waals surface area contributed by atoms with Gasteiger partial charge < -0.3 is 5.73 Å². The van der Waals surface area contributed by atoms with Crippen LogP contribution in [0.4, 0.5) is 0 Å². The number of hydrogen-bond donors (Lipinski definition) is 1. The first-order chi connectivity index (χ1) is 12.4. The van der Waals surface area contributed by atoms with Crippen molar-refractivity contribution in [1.82, 2.24) is 14.8 Å². The van der Waals surface area contributed by atoms with Crippen LogP contribution in [0.5, 0.6) is 0 Å². The Morgan fingerprint density at radius 2 is 1.77 bits per heavy atom. The van der Waals surface area contributed by atoms with E-state index in [9.17, 15) is 4.79 Å². The maximum absolute atomic E-state index is 11.1. The van der Waals surface area contributed by atoms with Gasteiger partial charge in [-0.05, 0) is 49.2 Å². The molecule has 3 aromatic rings. The third kappa shape index (κ3) is 4.34. The molecule has 3 rings (SSSR count). The number of nitrogens with two attached hydrogens (primary N) is 1. The molecule has 26 heavy (non-hydrogen) atoms. The zero-order valence-electron chi connectivity index (χ0n) is 14.6. The van der Waals surface area contributed by atoms with Gasteiger partial charge in [0, 0.05) is 22.2 Å². The smallest absolute Gasteiger partial charge is 0.218 e. The van der Waals surface area contributed by atoms with Gasteiger partial charge in [0.2, 0.25) is 5.91 Å². The minimum atomic E-state index is -0.317. The van der Waals surface area contributed by atoms with Crippen molar-refractivity contribution >= 4 is 33.6 Å². The van der Waals surface area contributed by atoms with Crippen molar-refractivity contribution in [2.45, 2.75) is 25.4 Å². The number of hydrogen-bond acceptors (Lipinski definition) is 4. The van der Waals surface area contributed by atoms with Gasteiger partial charge >= 0.3 is 0 Å². The first-order valence-corrected chi connectivity index (χ1v) is 9.93. The predicted molar refractivity (Wildman–Crippen MR) is 109 cm³/mol. The number of thioether (sulfide) groups is 1. The lowest BCUT2D eigenvalue weighted by atomic mass is 10.1. The molecule has 7 heteroatoms. The maximum Gasteiger partial charge on any atom is 0.218 e. The van der Waals surface area contributed by atoms with Gasteiger partial charge in [-0.3, -0.25) is 9.36 Å². The number of nitrogens with zero attached hydrogens (tertiary/aromatic N) is 3. The molecule has 0 radical (unpaired) electrons. The van der Waals surface area contributed by atoms with Crippen LogP contribution in [-0.2, 0) is 4.79 Å². The van der Waals surface area contributed by atoms with E-state index >= 15 is 0 Å². The SMILES string of the molecule is Cc1cc(C)cc(-n2c(SCCC(N)=O)nnc2-c2ccc(Br)cc2)c1. The van der Waals surface area contributed by atoms with E-state index < -0.39 is 0 Å². The lowest BCUT2D eigenvalue weighted by Gasteiger charge is -2.12. The summed E-state index contributed by atoms with van der Waals surface area (Å²) >= 11 is 4.94. The minimum Gasteiger partial charge on any atom is -0.370 e. The first-order valence-electron chi connectivity index (χ1n) is 8.15. The predicted octanol–water partition coefficient (Wildman–Crippen LogP) is 4.28. The van der Waals surface area contributed by atoms with Gasteiger partial charge in [0.15, 0.2) is 11.0 Å². The van der Waals surface area contributed by atoms with Crippen LogP contribution >= 0.6 is 27.7 Å². The van der Waals surface area contributed by atoms with E-state index in [0.29, 0.717) is 12.2 Å². The number of carbonyl (C=O) groups is 1. The van der Waals surface area contributed by atoms with Crippen molar-refractivity contribution in [2.24, 2.45) is 5.73 Å². The zero-order valence-corrected chi connectivity index (χ0v) is 17.0. The van der Waals surface area contributed by atoms with Crippen molar-refractivity contribution in [3.05, 3.63) is 58.1 Å². The Hall–Kier alpha value is -2.12. The van der Waals surface area contributed by atoms with Crippen LogP contribution in [0.2, 0.25) is 0 Å². The number of aryl methyl sites for hydroxylation is 2. The normalized spacial score (nSPS) is 10.9. The molecule has 0 bridgehead atoms.